The van der Waals surface area contributed by atoms with Crippen molar-refractivity contribution in [3.8, 4) is 0 Å². The van der Waals surface area contributed by atoms with Crippen molar-refractivity contribution in [1.29, 1.82) is 0 Å². The van der Waals surface area contributed by atoms with Gasteiger partial charge >= 0.3 is 5.97 Å². The van der Waals surface area contributed by atoms with Crippen LogP contribution < -0.4 is 10.6 Å². The molecule has 0 saturated carbocycles. The van der Waals surface area contributed by atoms with Gasteiger partial charge in [0.25, 0.3) is 0 Å². The molecule has 0 heterocycles. The van der Waals surface area contributed by atoms with Gasteiger partial charge in [-0.15, -0.1) is 0 Å². The van der Waals surface area contributed by atoms with Gasteiger partial charge in [-0.1, -0.05) is 65.0 Å². The van der Waals surface area contributed by atoms with Crippen LogP contribution in [-0.4, -0.2) is 35.0 Å². The SMILES string of the molecule is CC(C)C(NC(=O)C(Cc1ccccc1)NC(=O)C(C)(C)C)C(=O)O. The van der Waals surface area contributed by atoms with Gasteiger partial charge in [0, 0.05) is 11.8 Å². The number of amides is 2. The monoisotopic (exact) mass is 348 g/mol. The molecule has 2 amide bonds. The van der Waals surface area contributed by atoms with Crippen molar-refractivity contribution in [2.45, 2.75) is 53.1 Å². The number of carboxylic acid groups (broad SMARTS) is 1. The molecule has 138 valence electrons. The maximum absolute atomic E-state index is 12.6. The number of rotatable bonds is 7. The maximum atomic E-state index is 12.6. The molecule has 6 nitrogen and oxygen atoms in total. The van der Waals surface area contributed by atoms with E-state index >= 15 is 0 Å². The summed E-state index contributed by atoms with van der Waals surface area (Å²) >= 11 is 0. The van der Waals surface area contributed by atoms with Crippen molar-refractivity contribution < 1.29 is 19.5 Å². The Hall–Kier alpha value is -2.37. The summed E-state index contributed by atoms with van der Waals surface area (Å²) in [5.74, 6) is -2.12. The molecule has 2 atom stereocenters. The molecular weight excluding hydrogens is 320 g/mol. The lowest BCUT2D eigenvalue weighted by molar-refractivity contribution is -0.143. The Labute approximate surface area is 149 Å². The van der Waals surface area contributed by atoms with Gasteiger partial charge in [-0.3, -0.25) is 9.59 Å². The van der Waals surface area contributed by atoms with Gasteiger partial charge in [-0.25, -0.2) is 4.79 Å². The first-order chi connectivity index (χ1) is 11.5. The molecule has 0 aliphatic heterocycles. The molecule has 0 fully saturated rings. The minimum absolute atomic E-state index is 0.264. The average Bonchev–Trinajstić information content (AvgIpc) is 2.51. The first-order valence-electron chi connectivity index (χ1n) is 8.40. The van der Waals surface area contributed by atoms with Crippen LogP contribution in [0.2, 0.25) is 0 Å². The Morgan fingerprint density at radius 1 is 1.04 bits per heavy atom. The summed E-state index contributed by atoms with van der Waals surface area (Å²) in [5, 5.41) is 14.6. The van der Waals surface area contributed by atoms with Gasteiger partial charge in [-0.05, 0) is 11.5 Å². The molecule has 0 radical (unpaired) electrons. The Morgan fingerprint density at radius 2 is 1.60 bits per heavy atom. The second kappa shape index (κ2) is 8.65. The fourth-order valence-corrected chi connectivity index (χ4v) is 2.20. The molecule has 3 N–H and O–H groups in total. The average molecular weight is 348 g/mol. The Balaban J connectivity index is 2.98. The second-order valence-corrected chi connectivity index (χ2v) is 7.53. The van der Waals surface area contributed by atoms with Crippen LogP contribution in [0.25, 0.3) is 0 Å². The molecule has 0 aromatic heterocycles. The number of carbonyl (C=O) groups is 3. The molecule has 0 saturated heterocycles. The lowest BCUT2D eigenvalue weighted by Crippen LogP contribution is -2.55. The van der Waals surface area contributed by atoms with E-state index in [2.05, 4.69) is 10.6 Å². The Bertz CT molecular complexity index is 606. The summed E-state index contributed by atoms with van der Waals surface area (Å²) in [6, 6.07) is 7.45. The molecule has 0 aliphatic carbocycles. The fourth-order valence-electron chi connectivity index (χ4n) is 2.20. The quantitative estimate of drug-likeness (QED) is 0.702. The summed E-state index contributed by atoms with van der Waals surface area (Å²) in [5.41, 5.74) is 0.229. The van der Waals surface area contributed by atoms with Crippen LogP contribution >= 0.6 is 0 Å². The van der Waals surface area contributed by atoms with E-state index in [1.807, 2.05) is 30.3 Å². The summed E-state index contributed by atoms with van der Waals surface area (Å²) in [4.78, 5) is 36.3. The zero-order valence-electron chi connectivity index (χ0n) is 15.5. The van der Waals surface area contributed by atoms with E-state index < -0.39 is 29.4 Å². The second-order valence-electron chi connectivity index (χ2n) is 7.53. The van der Waals surface area contributed by atoms with Crippen LogP contribution in [-0.2, 0) is 20.8 Å². The highest BCUT2D eigenvalue weighted by Gasteiger charge is 2.31. The summed E-state index contributed by atoms with van der Waals surface area (Å²) in [6.07, 6.45) is 0.291. The first kappa shape index (κ1) is 20.7. The summed E-state index contributed by atoms with van der Waals surface area (Å²) in [6.45, 7) is 8.72. The van der Waals surface area contributed by atoms with E-state index in [1.165, 1.54) is 0 Å². The van der Waals surface area contributed by atoms with Gasteiger partial charge in [0.15, 0.2) is 0 Å². The third kappa shape index (κ3) is 6.57. The van der Waals surface area contributed by atoms with E-state index in [9.17, 15) is 19.5 Å². The normalized spacial score (nSPS) is 13.8. The molecular formula is C19H28N2O4. The third-order valence-electron chi connectivity index (χ3n) is 3.82. The largest absolute Gasteiger partial charge is 0.480 e. The molecule has 0 bridgehead atoms. The number of hydrogen-bond acceptors (Lipinski definition) is 3. The van der Waals surface area contributed by atoms with Crippen molar-refractivity contribution in [3.63, 3.8) is 0 Å². The van der Waals surface area contributed by atoms with Gasteiger partial charge in [0.1, 0.15) is 12.1 Å². The highest BCUT2D eigenvalue weighted by Crippen LogP contribution is 2.14. The van der Waals surface area contributed by atoms with Crippen LogP contribution in [0.15, 0.2) is 30.3 Å². The molecule has 0 spiro atoms. The smallest absolute Gasteiger partial charge is 0.326 e. The van der Waals surface area contributed by atoms with Gasteiger partial charge < -0.3 is 15.7 Å². The minimum atomic E-state index is -1.09. The molecule has 1 aromatic carbocycles. The Morgan fingerprint density at radius 3 is 2.04 bits per heavy atom. The van der Waals surface area contributed by atoms with Crippen molar-refractivity contribution in [1.82, 2.24) is 10.6 Å². The number of hydrogen-bond donors (Lipinski definition) is 3. The fraction of sp³-hybridized carbons (Fsp3) is 0.526. The number of nitrogens with one attached hydrogen (secondary N) is 2. The number of carboxylic acids is 1. The van der Waals surface area contributed by atoms with Crippen LogP contribution in [0.1, 0.15) is 40.2 Å². The third-order valence-corrected chi connectivity index (χ3v) is 3.82. The Kier molecular flexibility index (Phi) is 7.15. The summed E-state index contributed by atoms with van der Waals surface area (Å²) < 4.78 is 0. The van der Waals surface area contributed by atoms with Crippen molar-refractivity contribution in [3.05, 3.63) is 35.9 Å². The lowest BCUT2D eigenvalue weighted by Gasteiger charge is -2.26. The zero-order valence-corrected chi connectivity index (χ0v) is 15.5. The predicted octanol–water partition coefficient (Wildman–Crippen LogP) is 1.99. The molecule has 0 aliphatic rings. The highest BCUT2D eigenvalue weighted by molar-refractivity contribution is 5.92. The molecule has 25 heavy (non-hydrogen) atoms. The number of aliphatic carboxylic acids is 1. The van der Waals surface area contributed by atoms with E-state index in [-0.39, 0.29) is 11.8 Å². The predicted molar refractivity (Wildman–Crippen MR) is 95.9 cm³/mol. The van der Waals surface area contributed by atoms with Crippen molar-refractivity contribution >= 4 is 17.8 Å². The zero-order chi connectivity index (χ0) is 19.2. The van der Waals surface area contributed by atoms with Crippen LogP contribution in [0.4, 0.5) is 0 Å². The van der Waals surface area contributed by atoms with E-state index in [4.69, 9.17) is 0 Å². The van der Waals surface area contributed by atoms with E-state index in [0.29, 0.717) is 6.42 Å². The molecule has 6 heteroatoms. The van der Waals surface area contributed by atoms with Crippen molar-refractivity contribution in [2.24, 2.45) is 11.3 Å². The summed E-state index contributed by atoms with van der Waals surface area (Å²) in [7, 11) is 0. The van der Waals surface area contributed by atoms with E-state index in [0.717, 1.165) is 5.56 Å². The lowest BCUT2D eigenvalue weighted by atomic mass is 9.94. The molecule has 1 aromatic rings. The van der Waals surface area contributed by atoms with Crippen LogP contribution in [0.5, 0.6) is 0 Å². The molecule has 2 unspecified atom stereocenters. The van der Waals surface area contributed by atoms with Gasteiger partial charge in [-0.2, -0.15) is 0 Å². The van der Waals surface area contributed by atoms with Crippen LogP contribution in [0, 0.1) is 11.3 Å². The van der Waals surface area contributed by atoms with E-state index in [1.54, 1.807) is 34.6 Å². The van der Waals surface area contributed by atoms with Gasteiger partial charge in [0.2, 0.25) is 11.8 Å². The van der Waals surface area contributed by atoms with Crippen LogP contribution in [0.3, 0.4) is 0 Å². The number of benzene rings is 1. The number of carbonyl (C=O) groups excluding carboxylic acids is 2. The maximum Gasteiger partial charge on any atom is 0.326 e. The molecule has 1 rings (SSSR count). The minimum Gasteiger partial charge on any atom is -0.480 e. The topological polar surface area (TPSA) is 95.5 Å². The first-order valence-corrected chi connectivity index (χ1v) is 8.40. The standard InChI is InChI=1S/C19H28N2O4/c1-12(2)15(17(23)24)21-16(22)14(20-18(25)19(3,4)5)11-13-9-7-6-8-10-13/h6-10,12,14-15H,11H2,1-5H3,(H,20,25)(H,21,22)(H,23,24). The van der Waals surface area contributed by atoms with Crippen molar-refractivity contribution in [2.75, 3.05) is 0 Å². The highest BCUT2D eigenvalue weighted by atomic mass is 16.4. The van der Waals surface area contributed by atoms with Gasteiger partial charge in [0.05, 0.1) is 0 Å².